The van der Waals surface area contributed by atoms with Crippen molar-refractivity contribution in [1.29, 1.82) is 0 Å². The monoisotopic (exact) mass is 267 g/mol. The van der Waals surface area contributed by atoms with Gasteiger partial charge >= 0.3 is 0 Å². The molecule has 1 saturated carbocycles. The molecule has 1 aromatic rings. The van der Waals surface area contributed by atoms with Crippen molar-refractivity contribution in [2.24, 2.45) is 10.9 Å². The third-order valence-corrected chi connectivity index (χ3v) is 3.19. The van der Waals surface area contributed by atoms with Gasteiger partial charge in [-0.1, -0.05) is 11.2 Å². The highest BCUT2D eigenvalue weighted by Crippen LogP contribution is 2.34. The van der Waals surface area contributed by atoms with Gasteiger partial charge in [0, 0.05) is 19.7 Å². The van der Waals surface area contributed by atoms with Gasteiger partial charge in [0.15, 0.2) is 5.84 Å². The van der Waals surface area contributed by atoms with Crippen molar-refractivity contribution in [1.82, 2.24) is 0 Å². The molecule has 1 fully saturated rings. The molecule has 0 aromatic heterocycles. The van der Waals surface area contributed by atoms with Crippen LogP contribution < -0.4 is 10.6 Å². The van der Waals surface area contributed by atoms with Crippen LogP contribution in [0.4, 0.5) is 10.1 Å². The van der Waals surface area contributed by atoms with Gasteiger partial charge in [0.2, 0.25) is 0 Å². The Morgan fingerprint density at radius 3 is 2.89 bits per heavy atom. The largest absolute Gasteiger partial charge is 0.409 e. The minimum Gasteiger partial charge on any atom is -0.409 e. The van der Waals surface area contributed by atoms with E-state index >= 15 is 0 Å². The number of ether oxygens (including phenoxy) is 1. The van der Waals surface area contributed by atoms with E-state index in [2.05, 4.69) is 10.1 Å². The number of amidine groups is 1. The van der Waals surface area contributed by atoms with Crippen molar-refractivity contribution < 1.29 is 14.3 Å². The molecule has 6 heteroatoms. The van der Waals surface area contributed by atoms with Gasteiger partial charge in [0.25, 0.3) is 0 Å². The van der Waals surface area contributed by atoms with Gasteiger partial charge in [0.1, 0.15) is 5.82 Å². The van der Waals surface area contributed by atoms with Gasteiger partial charge in [-0.3, -0.25) is 0 Å². The lowest BCUT2D eigenvalue weighted by Crippen LogP contribution is -2.32. The highest BCUT2D eigenvalue weighted by atomic mass is 19.1. The van der Waals surface area contributed by atoms with E-state index in [0.717, 1.165) is 12.8 Å². The zero-order valence-electron chi connectivity index (χ0n) is 10.8. The van der Waals surface area contributed by atoms with E-state index in [9.17, 15) is 4.39 Å². The van der Waals surface area contributed by atoms with Crippen LogP contribution >= 0.6 is 0 Å². The Labute approximate surface area is 111 Å². The predicted octanol–water partition coefficient (Wildman–Crippen LogP) is 1.54. The summed E-state index contributed by atoms with van der Waals surface area (Å²) in [5.74, 6) is -0.702. The number of hydrogen-bond donors (Lipinski definition) is 2. The van der Waals surface area contributed by atoms with Gasteiger partial charge in [-0.2, -0.15) is 0 Å². The predicted molar refractivity (Wildman–Crippen MR) is 71.2 cm³/mol. The van der Waals surface area contributed by atoms with Crippen LogP contribution in [0.15, 0.2) is 23.4 Å². The summed E-state index contributed by atoms with van der Waals surface area (Å²) >= 11 is 0. The zero-order valence-corrected chi connectivity index (χ0v) is 10.8. The Kier molecular flexibility index (Phi) is 4.21. The molecule has 0 spiro atoms. The number of oxime groups is 1. The Hall–Kier alpha value is -1.82. The average molecular weight is 267 g/mol. The maximum atomic E-state index is 13.9. The summed E-state index contributed by atoms with van der Waals surface area (Å²) in [6.45, 7) is 1.19. The molecule has 1 aromatic carbocycles. The molecule has 104 valence electrons. The zero-order chi connectivity index (χ0) is 13.8. The van der Waals surface area contributed by atoms with Gasteiger partial charge in [-0.15, -0.1) is 0 Å². The van der Waals surface area contributed by atoms with Crippen LogP contribution in [0.25, 0.3) is 0 Å². The number of methoxy groups -OCH3 is 1. The van der Waals surface area contributed by atoms with Gasteiger partial charge in [-0.25, -0.2) is 4.39 Å². The summed E-state index contributed by atoms with van der Waals surface area (Å²) in [6.07, 6.45) is 2.13. The smallest absolute Gasteiger partial charge is 0.175 e. The van der Waals surface area contributed by atoms with E-state index in [1.54, 1.807) is 19.2 Å². The first-order chi connectivity index (χ1) is 9.19. The molecule has 19 heavy (non-hydrogen) atoms. The molecule has 0 radical (unpaired) electrons. The average Bonchev–Trinajstić information content (AvgIpc) is 3.23. The number of hydrogen-bond acceptors (Lipinski definition) is 4. The van der Waals surface area contributed by atoms with E-state index in [4.69, 9.17) is 15.7 Å². The molecule has 0 atom stereocenters. The van der Waals surface area contributed by atoms with Crippen molar-refractivity contribution in [3.63, 3.8) is 0 Å². The van der Waals surface area contributed by atoms with Crippen molar-refractivity contribution in [2.45, 2.75) is 18.9 Å². The summed E-state index contributed by atoms with van der Waals surface area (Å²) in [6, 6.07) is 5.09. The van der Waals surface area contributed by atoms with Crippen LogP contribution in [-0.2, 0) is 4.74 Å². The van der Waals surface area contributed by atoms with E-state index in [0.29, 0.717) is 24.9 Å². The first-order valence-corrected chi connectivity index (χ1v) is 6.21. The molecule has 0 unspecified atom stereocenters. The normalized spacial score (nSPS) is 15.6. The number of nitrogens with two attached hydrogens (primary N) is 1. The molecule has 3 N–H and O–H groups in total. The number of halogens is 1. The van der Waals surface area contributed by atoms with Crippen LogP contribution in [0, 0.1) is 5.82 Å². The fraction of sp³-hybridized carbons (Fsp3) is 0.462. The molecule has 0 amide bonds. The molecule has 0 bridgehead atoms. The maximum Gasteiger partial charge on any atom is 0.175 e. The van der Waals surface area contributed by atoms with Gasteiger partial charge in [-0.05, 0) is 25.0 Å². The highest BCUT2D eigenvalue weighted by molar-refractivity contribution is 6.02. The van der Waals surface area contributed by atoms with Gasteiger partial charge < -0.3 is 20.6 Å². The summed E-state index contributed by atoms with van der Waals surface area (Å²) in [5, 5.41) is 11.7. The second-order valence-corrected chi connectivity index (χ2v) is 4.54. The molecule has 0 heterocycles. The fourth-order valence-electron chi connectivity index (χ4n) is 2.13. The van der Waals surface area contributed by atoms with Crippen LogP contribution in [0.3, 0.4) is 0 Å². The van der Waals surface area contributed by atoms with Crippen LogP contribution in [0.5, 0.6) is 0 Å². The highest BCUT2D eigenvalue weighted by Gasteiger charge is 2.31. The van der Waals surface area contributed by atoms with E-state index in [1.807, 2.05) is 0 Å². The standard InChI is InChI=1S/C13H18FN3O2/c1-19-8-7-17(9-5-6-9)11-4-2-3-10(14)12(11)13(15)16-18/h2-4,9,18H,5-8H2,1H3,(H2,15,16). The van der Waals surface area contributed by atoms with Crippen molar-refractivity contribution in [2.75, 3.05) is 25.2 Å². The van der Waals surface area contributed by atoms with Gasteiger partial charge in [0.05, 0.1) is 17.9 Å². The topological polar surface area (TPSA) is 71.1 Å². The van der Waals surface area contributed by atoms with E-state index in [1.165, 1.54) is 6.07 Å². The number of anilines is 1. The Morgan fingerprint density at radius 2 is 2.32 bits per heavy atom. The van der Waals surface area contributed by atoms with Crippen LogP contribution in [-0.4, -0.2) is 37.3 Å². The minimum atomic E-state index is -0.490. The minimum absolute atomic E-state index is 0.146. The Bertz CT molecular complexity index is 475. The van der Waals surface area contributed by atoms with Crippen LogP contribution in [0.2, 0.25) is 0 Å². The molecule has 1 aliphatic rings. The molecular weight excluding hydrogens is 249 g/mol. The van der Waals surface area contributed by atoms with Crippen LogP contribution in [0.1, 0.15) is 18.4 Å². The maximum absolute atomic E-state index is 13.9. The third-order valence-electron chi connectivity index (χ3n) is 3.19. The summed E-state index contributed by atoms with van der Waals surface area (Å²) < 4.78 is 19.0. The first kappa shape index (κ1) is 13.6. The SMILES string of the molecule is COCCN(c1cccc(F)c1C(N)=NO)C1CC1. The molecule has 0 aliphatic heterocycles. The second kappa shape index (κ2) is 5.88. The van der Waals surface area contributed by atoms with Crippen molar-refractivity contribution in [3.05, 3.63) is 29.6 Å². The first-order valence-electron chi connectivity index (χ1n) is 6.21. The lowest BCUT2D eigenvalue weighted by molar-refractivity contribution is 0.205. The Balaban J connectivity index is 2.38. The number of rotatable bonds is 6. The molecule has 1 aliphatic carbocycles. The Morgan fingerprint density at radius 1 is 1.58 bits per heavy atom. The molecule has 2 rings (SSSR count). The fourth-order valence-corrected chi connectivity index (χ4v) is 2.13. The third kappa shape index (κ3) is 2.96. The molecular formula is C13H18FN3O2. The van der Waals surface area contributed by atoms with E-state index < -0.39 is 5.82 Å². The second-order valence-electron chi connectivity index (χ2n) is 4.54. The lowest BCUT2D eigenvalue weighted by atomic mass is 10.1. The van der Waals surface area contributed by atoms with Crippen molar-refractivity contribution >= 4 is 11.5 Å². The number of nitrogens with zero attached hydrogens (tertiary/aromatic N) is 2. The van der Waals surface area contributed by atoms with E-state index in [-0.39, 0.29) is 11.4 Å². The summed E-state index contributed by atoms with van der Waals surface area (Å²) in [4.78, 5) is 2.06. The summed E-state index contributed by atoms with van der Waals surface area (Å²) in [5.41, 5.74) is 6.38. The molecule has 0 saturated heterocycles. The van der Waals surface area contributed by atoms with Crippen molar-refractivity contribution in [3.8, 4) is 0 Å². The summed E-state index contributed by atoms with van der Waals surface area (Å²) in [7, 11) is 1.63. The quantitative estimate of drug-likeness (QED) is 0.355. The number of benzene rings is 1. The molecule has 5 nitrogen and oxygen atoms in total. The lowest BCUT2D eigenvalue weighted by Gasteiger charge is -2.26.